The Morgan fingerprint density at radius 2 is 2.00 bits per heavy atom. The molecule has 5 rings (SSSR count). The molecule has 0 saturated heterocycles. The monoisotopic (exact) mass is 407 g/mol. The third kappa shape index (κ3) is 3.49. The number of carbonyl (C=O) groups excluding carboxylic acids is 1. The molecule has 3 heterocycles. The van der Waals surface area contributed by atoms with Gasteiger partial charge in [0.25, 0.3) is 5.91 Å². The lowest BCUT2D eigenvalue weighted by molar-refractivity contribution is 0.0709. The molecule has 7 nitrogen and oxygen atoms in total. The second-order valence-electron chi connectivity index (χ2n) is 7.19. The first-order valence-electron chi connectivity index (χ1n) is 9.42. The Bertz CT molecular complexity index is 1190. The van der Waals surface area contributed by atoms with Crippen molar-refractivity contribution in [3.05, 3.63) is 71.0 Å². The van der Waals surface area contributed by atoms with Crippen molar-refractivity contribution in [2.24, 2.45) is 0 Å². The molecule has 1 fully saturated rings. The van der Waals surface area contributed by atoms with Crippen LogP contribution >= 0.6 is 11.6 Å². The lowest BCUT2D eigenvalue weighted by atomic mass is 10.2. The van der Waals surface area contributed by atoms with Crippen molar-refractivity contribution in [2.45, 2.75) is 32.4 Å². The number of aryl methyl sites for hydroxylation is 1. The van der Waals surface area contributed by atoms with Crippen molar-refractivity contribution in [3.8, 4) is 11.5 Å². The SMILES string of the molecule is Cc1cccc2nc(C(=O)N(Cc3nnc(-c4ccc(Cl)cc4)o3)C3CC3)cn12. The van der Waals surface area contributed by atoms with Crippen molar-refractivity contribution in [2.75, 3.05) is 0 Å². The molecule has 1 aliphatic carbocycles. The molecule has 146 valence electrons. The minimum absolute atomic E-state index is 0.123. The van der Waals surface area contributed by atoms with Crippen LogP contribution in [0.4, 0.5) is 0 Å². The fraction of sp³-hybridized carbons (Fsp3) is 0.238. The van der Waals surface area contributed by atoms with Gasteiger partial charge < -0.3 is 13.7 Å². The standard InChI is InChI=1S/C21H18ClN5O2/c1-13-3-2-4-18-23-17(11-26(13)18)21(28)27(16-9-10-16)12-19-24-25-20(29-19)14-5-7-15(22)8-6-14/h2-8,11,16H,9-10,12H2,1H3. The summed E-state index contributed by atoms with van der Waals surface area (Å²) in [6, 6.07) is 13.2. The predicted octanol–water partition coefficient (Wildman–Crippen LogP) is 4.15. The van der Waals surface area contributed by atoms with E-state index in [1.165, 1.54) is 0 Å². The number of hydrogen-bond donors (Lipinski definition) is 0. The highest BCUT2D eigenvalue weighted by Crippen LogP contribution is 2.30. The molecule has 29 heavy (non-hydrogen) atoms. The van der Waals surface area contributed by atoms with E-state index in [1.807, 2.05) is 41.7 Å². The molecule has 1 aromatic carbocycles. The molecular formula is C21H18ClN5O2. The number of benzene rings is 1. The Balaban J connectivity index is 1.40. The first-order valence-corrected chi connectivity index (χ1v) is 9.80. The van der Waals surface area contributed by atoms with E-state index in [2.05, 4.69) is 15.2 Å². The van der Waals surface area contributed by atoms with Crippen molar-refractivity contribution in [1.29, 1.82) is 0 Å². The number of halogens is 1. The fourth-order valence-corrected chi connectivity index (χ4v) is 3.45. The van der Waals surface area contributed by atoms with Crippen LogP contribution < -0.4 is 0 Å². The second kappa shape index (κ2) is 7.00. The van der Waals surface area contributed by atoms with Gasteiger partial charge in [0.05, 0.1) is 6.54 Å². The highest BCUT2D eigenvalue weighted by molar-refractivity contribution is 6.30. The summed E-state index contributed by atoms with van der Waals surface area (Å²) >= 11 is 5.93. The molecule has 0 unspecified atom stereocenters. The molecule has 0 N–H and O–H groups in total. The van der Waals surface area contributed by atoms with Crippen LogP contribution in [-0.4, -0.2) is 36.4 Å². The van der Waals surface area contributed by atoms with Crippen LogP contribution in [0.5, 0.6) is 0 Å². The van der Waals surface area contributed by atoms with E-state index in [0.717, 1.165) is 29.7 Å². The zero-order valence-corrected chi connectivity index (χ0v) is 16.5. The van der Waals surface area contributed by atoms with Crippen LogP contribution in [0.25, 0.3) is 17.1 Å². The van der Waals surface area contributed by atoms with Crippen LogP contribution in [0.15, 0.2) is 53.1 Å². The average Bonchev–Trinajstić information content (AvgIpc) is 3.28. The molecule has 0 aliphatic heterocycles. The molecule has 3 aromatic heterocycles. The summed E-state index contributed by atoms with van der Waals surface area (Å²) in [4.78, 5) is 19.4. The summed E-state index contributed by atoms with van der Waals surface area (Å²) in [5, 5.41) is 8.88. The molecule has 0 spiro atoms. The smallest absolute Gasteiger partial charge is 0.274 e. The lowest BCUT2D eigenvalue weighted by Gasteiger charge is -2.19. The zero-order valence-electron chi connectivity index (χ0n) is 15.7. The topological polar surface area (TPSA) is 76.5 Å². The molecule has 4 aromatic rings. The number of carbonyl (C=O) groups is 1. The Morgan fingerprint density at radius 1 is 1.21 bits per heavy atom. The van der Waals surface area contributed by atoms with Crippen LogP contribution in [-0.2, 0) is 6.54 Å². The largest absolute Gasteiger partial charge is 0.419 e. The van der Waals surface area contributed by atoms with Gasteiger partial charge in [0, 0.05) is 28.5 Å². The first kappa shape index (κ1) is 17.9. The van der Waals surface area contributed by atoms with E-state index in [4.69, 9.17) is 16.0 Å². The van der Waals surface area contributed by atoms with E-state index < -0.39 is 0 Å². The first-order chi connectivity index (χ1) is 14.1. The number of fused-ring (bicyclic) bond motifs is 1. The van der Waals surface area contributed by atoms with Crippen LogP contribution in [0.2, 0.25) is 5.02 Å². The van der Waals surface area contributed by atoms with Gasteiger partial charge in [-0.2, -0.15) is 0 Å². The molecule has 0 bridgehead atoms. The summed E-state index contributed by atoms with van der Waals surface area (Å²) < 4.78 is 7.72. The number of aromatic nitrogens is 4. The summed E-state index contributed by atoms with van der Waals surface area (Å²) in [5.74, 6) is 0.681. The maximum atomic E-state index is 13.2. The van der Waals surface area contributed by atoms with Gasteiger partial charge in [-0.15, -0.1) is 10.2 Å². The minimum Gasteiger partial charge on any atom is -0.419 e. The van der Waals surface area contributed by atoms with Gasteiger partial charge in [-0.05, 0) is 56.2 Å². The van der Waals surface area contributed by atoms with Crippen LogP contribution in [0, 0.1) is 6.92 Å². The molecule has 0 atom stereocenters. The molecular weight excluding hydrogens is 390 g/mol. The van der Waals surface area contributed by atoms with Gasteiger partial charge >= 0.3 is 0 Å². The zero-order chi connectivity index (χ0) is 20.0. The Hall–Kier alpha value is -3.19. The van der Waals surface area contributed by atoms with Crippen LogP contribution in [0.1, 0.15) is 34.9 Å². The maximum absolute atomic E-state index is 13.2. The summed E-state index contributed by atoms with van der Waals surface area (Å²) in [6.07, 6.45) is 3.72. The number of amides is 1. The van der Waals surface area contributed by atoms with Gasteiger partial charge in [0.1, 0.15) is 11.3 Å². The van der Waals surface area contributed by atoms with E-state index in [0.29, 0.717) is 22.5 Å². The summed E-state index contributed by atoms with van der Waals surface area (Å²) in [6.45, 7) is 2.25. The van der Waals surface area contributed by atoms with Crippen molar-refractivity contribution in [3.63, 3.8) is 0 Å². The molecule has 0 radical (unpaired) electrons. The van der Waals surface area contributed by atoms with Crippen molar-refractivity contribution >= 4 is 23.2 Å². The predicted molar refractivity (Wildman–Crippen MR) is 108 cm³/mol. The average molecular weight is 408 g/mol. The Morgan fingerprint density at radius 3 is 2.72 bits per heavy atom. The summed E-state index contributed by atoms with van der Waals surface area (Å²) in [7, 11) is 0. The Kier molecular flexibility index (Phi) is 4.32. The second-order valence-corrected chi connectivity index (χ2v) is 7.63. The van der Waals surface area contributed by atoms with Crippen molar-refractivity contribution in [1.82, 2.24) is 24.5 Å². The van der Waals surface area contributed by atoms with E-state index in [9.17, 15) is 4.79 Å². The molecule has 1 aliphatic rings. The van der Waals surface area contributed by atoms with Gasteiger partial charge in [-0.1, -0.05) is 17.7 Å². The number of nitrogens with zero attached hydrogens (tertiary/aromatic N) is 5. The third-order valence-corrected chi connectivity index (χ3v) is 5.28. The fourth-order valence-electron chi connectivity index (χ4n) is 3.32. The maximum Gasteiger partial charge on any atom is 0.274 e. The number of pyridine rings is 1. The molecule has 1 amide bonds. The van der Waals surface area contributed by atoms with Crippen LogP contribution in [0.3, 0.4) is 0 Å². The summed E-state index contributed by atoms with van der Waals surface area (Å²) in [5.41, 5.74) is 2.99. The molecule has 1 saturated carbocycles. The quantitative estimate of drug-likeness (QED) is 0.496. The highest BCUT2D eigenvalue weighted by Gasteiger charge is 2.35. The van der Waals surface area contributed by atoms with Gasteiger partial charge in [0.15, 0.2) is 0 Å². The van der Waals surface area contributed by atoms with E-state index in [-0.39, 0.29) is 18.5 Å². The lowest BCUT2D eigenvalue weighted by Crippen LogP contribution is -2.33. The van der Waals surface area contributed by atoms with Gasteiger partial charge in [0.2, 0.25) is 11.8 Å². The third-order valence-electron chi connectivity index (χ3n) is 5.03. The van der Waals surface area contributed by atoms with Crippen molar-refractivity contribution < 1.29 is 9.21 Å². The highest BCUT2D eigenvalue weighted by atomic mass is 35.5. The number of rotatable bonds is 5. The Labute approximate surface area is 171 Å². The van der Waals surface area contributed by atoms with Gasteiger partial charge in [-0.3, -0.25) is 4.79 Å². The normalized spacial score (nSPS) is 13.7. The van der Waals surface area contributed by atoms with Gasteiger partial charge in [-0.25, -0.2) is 4.98 Å². The molecule has 8 heteroatoms. The van der Waals surface area contributed by atoms with E-state index in [1.54, 1.807) is 23.2 Å². The number of hydrogen-bond acceptors (Lipinski definition) is 5. The van der Waals surface area contributed by atoms with E-state index >= 15 is 0 Å². The minimum atomic E-state index is -0.123. The number of imidazole rings is 1.